The smallest absolute Gasteiger partial charge is 0.0159 e. The molecule has 0 nitrogen and oxygen atoms in total. The highest BCUT2D eigenvalue weighted by Gasteiger charge is 2.32. The Balaban J connectivity index is 2.00. The van der Waals surface area contributed by atoms with Crippen molar-refractivity contribution in [1.82, 2.24) is 0 Å². The molecule has 0 heterocycles. The van der Waals surface area contributed by atoms with Gasteiger partial charge in [-0.05, 0) is 67.1 Å². The number of hydrogen-bond donors (Lipinski definition) is 0. The van der Waals surface area contributed by atoms with E-state index in [1.165, 1.54) is 31.2 Å². The third-order valence-electron chi connectivity index (χ3n) is 3.71. The van der Waals surface area contributed by atoms with Crippen LogP contribution in [0.15, 0.2) is 18.2 Å². The van der Waals surface area contributed by atoms with Crippen LogP contribution in [-0.4, -0.2) is 0 Å². The van der Waals surface area contributed by atoms with Crippen LogP contribution >= 0.6 is 0 Å². The van der Waals surface area contributed by atoms with Gasteiger partial charge < -0.3 is 0 Å². The molecule has 1 unspecified atom stereocenters. The fourth-order valence-electron chi connectivity index (χ4n) is 2.41. The van der Waals surface area contributed by atoms with Gasteiger partial charge in [-0.3, -0.25) is 0 Å². The van der Waals surface area contributed by atoms with Crippen LogP contribution in [0.2, 0.25) is 0 Å². The van der Waals surface area contributed by atoms with Gasteiger partial charge in [-0.25, -0.2) is 0 Å². The van der Waals surface area contributed by atoms with Gasteiger partial charge in [-0.15, -0.1) is 0 Å². The summed E-state index contributed by atoms with van der Waals surface area (Å²) in [7, 11) is 0. The molecule has 1 aromatic carbocycles. The molecule has 0 amide bonds. The summed E-state index contributed by atoms with van der Waals surface area (Å²) in [5.74, 6) is 2.21. The summed E-state index contributed by atoms with van der Waals surface area (Å²) >= 11 is 0. The first-order chi connectivity index (χ1) is 7.25. The highest BCUT2D eigenvalue weighted by atomic mass is 14.4. The molecule has 0 bridgehead atoms. The van der Waals surface area contributed by atoms with Gasteiger partial charge in [0, 0.05) is 0 Å². The Morgan fingerprint density at radius 1 is 1.07 bits per heavy atom. The maximum atomic E-state index is 4.12. The lowest BCUT2D eigenvalue weighted by Crippen LogP contribution is -1.95. The average Bonchev–Trinajstić information content (AvgIpc) is 3.08. The van der Waals surface area contributed by atoms with E-state index in [4.69, 9.17) is 0 Å². The molecule has 0 aliphatic heterocycles. The van der Waals surface area contributed by atoms with Gasteiger partial charge in [0.05, 0.1) is 0 Å². The first kappa shape index (κ1) is 9.45. The third kappa shape index (κ3) is 1.82. The average molecular weight is 199 g/mol. The highest BCUT2D eigenvalue weighted by Crippen LogP contribution is 2.49. The van der Waals surface area contributed by atoms with Crippen molar-refractivity contribution < 1.29 is 0 Å². The lowest BCUT2D eigenvalue weighted by Gasteiger charge is -2.12. The van der Waals surface area contributed by atoms with Crippen LogP contribution in [0.25, 0.3) is 0 Å². The summed E-state index contributed by atoms with van der Waals surface area (Å²) < 4.78 is 0. The predicted octanol–water partition coefficient (Wildman–Crippen LogP) is 4.38. The second kappa shape index (κ2) is 3.37. The maximum absolute atomic E-state index is 4.12. The van der Waals surface area contributed by atoms with Crippen LogP contribution in [-0.2, 0) is 0 Å². The summed E-state index contributed by atoms with van der Waals surface area (Å²) in [6.07, 6.45) is 5.65. The van der Waals surface area contributed by atoms with Gasteiger partial charge >= 0.3 is 0 Å². The summed E-state index contributed by atoms with van der Waals surface area (Å²) in [6, 6.07) is 7.10. The number of rotatable bonds is 3. The summed E-state index contributed by atoms with van der Waals surface area (Å²) in [5, 5.41) is 0. The van der Waals surface area contributed by atoms with Crippen molar-refractivity contribution >= 4 is 0 Å². The van der Waals surface area contributed by atoms with Crippen molar-refractivity contribution in [3.63, 3.8) is 0 Å². The SMILES string of the molecule is [CH2]C(C)c1ccc(C2CC2)c(C2CC2)c1. The van der Waals surface area contributed by atoms with E-state index in [0.717, 1.165) is 11.8 Å². The normalized spacial score (nSPS) is 21.0. The molecule has 2 aliphatic rings. The molecule has 1 aromatic rings. The minimum atomic E-state index is 0.427. The largest absolute Gasteiger partial charge is 0.0585 e. The van der Waals surface area contributed by atoms with E-state index in [1.807, 2.05) is 0 Å². The highest BCUT2D eigenvalue weighted by molar-refractivity contribution is 5.42. The monoisotopic (exact) mass is 199 g/mol. The van der Waals surface area contributed by atoms with Gasteiger partial charge in [-0.2, -0.15) is 0 Å². The zero-order valence-corrected chi connectivity index (χ0v) is 9.50. The van der Waals surface area contributed by atoms with E-state index in [9.17, 15) is 0 Å². The fraction of sp³-hybridized carbons (Fsp3) is 0.533. The Morgan fingerprint density at radius 2 is 1.67 bits per heavy atom. The van der Waals surface area contributed by atoms with Gasteiger partial charge in [0.15, 0.2) is 0 Å². The van der Waals surface area contributed by atoms with Crippen LogP contribution in [0, 0.1) is 6.92 Å². The zero-order valence-electron chi connectivity index (χ0n) is 9.50. The molecule has 2 saturated carbocycles. The molecule has 0 N–H and O–H groups in total. The molecule has 2 fully saturated rings. The molecule has 3 rings (SSSR count). The lowest BCUT2D eigenvalue weighted by molar-refractivity contribution is 0.937. The van der Waals surface area contributed by atoms with Crippen molar-refractivity contribution in [2.75, 3.05) is 0 Å². The van der Waals surface area contributed by atoms with Gasteiger partial charge in [0.2, 0.25) is 0 Å². The molecule has 0 heteroatoms. The Kier molecular flexibility index (Phi) is 2.12. The van der Waals surface area contributed by atoms with Gasteiger partial charge in [0.25, 0.3) is 0 Å². The Labute approximate surface area is 92.7 Å². The van der Waals surface area contributed by atoms with Crippen LogP contribution in [0.3, 0.4) is 0 Å². The fourth-order valence-corrected chi connectivity index (χ4v) is 2.41. The second-order valence-electron chi connectivity index (χ2n) is 5.34. The molecule has 15 heavy (non-hydrogen) atoms. The molecule has 1 radical (unpaired) electrons. The molecule has 0 aromatic heterocycles. The van der Waals surface area contributed by atoms with Crippen molar-refractivity contribution in [1.29, 1.82) is 0 Å². The first-order valence-corrected chi connectivity index (χ1v) is 6.22. The summed E-state index contributed by atoms with van der Waals surface area (Å²) in [5.41, 5.74) is 4.73. The molecular weight excluding hydrogens is 180 g/mol. The maximum Gasteiger partial charge on any atom is -0.0159 e. The Bertz CT molecular complexity index is 368. The second-order valence-corrected chi connectivity index (χ2v) is 5.34. The predicted molar refractivity (Wildman–Crippen MR) is 64.2 cm³/mol. The van der Waals surface area contributed by atoms with Crippen LogP contribution in [0.4, 0.5) is 0 Å². The standard InChI is InChI=1S/C15H19/c1-10(2)13-7-8-14(11-3-4-11)15(9-13)12-5-6-12/h7-12H,1,3-6H2,2H3. The van der Waals surface area contributed by atoms with Crippen LogP contribution in [0.5, 0.6) is 0 Å². The van der Waals surface area contributed by atoms with Crippen molar-refractivity contribution in [2.45, 2.75) is 50.4 Å². The molecule has 0 spiro atoms. The van der Waals surface area contributed by atoms with Gasteiger partial charge in [0.1, 0.15) is 0 Å². The Morgan fingerprint density at radius 3 is 2.20 bits per heavy atom. The van der Waals surface area contributed by atoms with Crippen LogP contribution in [0.1, 0.15) is 67.1 Å². The van der Waals surface area contributed by atoms with E-state index in [-0.39, 0.29) is 0 Å². The van der Waals surface area contributed by atoms with E-state index in [2.05, 4.69) is 32.0 Å². The molecular formula is C15H19. The minimum Gasteiger partial charge on any atom is -0.0585 e. The molecule has 0 saturated heterocycles. The summed E-state index contributed by atoms with van der Waals surface area (Å²) in [6.45, 7) is 6.30. The third-order valence-corrected chi connectivity index (χ3v) is 3.71. The quantitative estimate of drug-likeness (QED) is 0.677. The van der Waals surface area contributed by atoms with E-state index < -0.39 is 0 Å². The number of hydrogen-bond acceptors (Lipinski definition) is 0. The topological polar surface area (TPSA) is 0 Å². The minimum absolute atomic E-state index is 0.427. The molecule has 2 aliphatic carbocycles. The van der Waals surface area contributed by atoms with Crippen molar-refractivity contribution in [3.05, 3.63) is 41.8 Å². The Hall–Kier alpha value is -0.780. The van der Waals surface area contributed by atoms with Crippen LogP contribution < -0.4 is 0 Å². The zero-order chi connectivity index (χ0) is 10.4. The van der Waals surface area contributed by atoms with E-state index in [0.29, 0.717) is 5.92 Å². The van der Waals surface area contributed by atoms with Crippen molar-refractivity contribution in [2.24, 2.45) is 0 Å². The van der Waals surface area contributed by atoms with E-state index in [1.54, 1.807) is 11.1 Å². The van der Waals surface area contributed by atoms with E-state index >= 15 is 0 Å². The van der Waals surface area contributed by atoms with Gasteiger partial charge in [-0.1, -0.05) is 25.1 Å². The summed E-state index contributed by atoms with van der Waals surface area (Å²) in [4.78, 5) is 0. The molecule has 1 atom stereocenters. The molecule has 79 valence electrons. The van der Waals surface area contributed by atoms with Crippen molar-refractivity contribution in [3.8, 4) is 0 Å². The number of benzene rings is 1. The first-order valence-electron chi connectivity index (χ1n) is 6.22. The lowest BCUT2D eigenvalue weighted by atomic mass is 9.93.